The topological polar surface area (TPSA) is 42.0 Å². The van der Waals surface area contributed by atoms with Crippen LogP contribution in [-0.4, -0.2) is 17.1 Å². The van der Waals surface area contributed by atoms with Crippen LogP contribution in [0.15, 0.2) is 36.4 Å². The van der Waals surface area contributed by atoms with Crippen molar-refractivity contribution < 1.29 is 13.6 Å². The number of halogens is 2. The van der Waals surface area contributed by atoms with Crippen LogP contribution in [0.3, 0.4) is 0 Å². The molecule has 1 aliphatic rings. The Balaban J connectivity index is 1.62. The molecular formula is C19H16F2N2OS. The Hall–Kier alpha value is -2.34. The lowest BCUT2D eigenvalue weighted by Gasteiger charge is -2.27. The van der Waals surface area contributed by atoms with Crippen LogP contribution < -0.4 is 5.32 Å². The van der Waals surface area contributed by atoms with Crippen molar-refractivity contribution in [3.8, 4) is 11.1 Å². The Kier molecular flexibility index (Phi) is 4.00. The summed E-state index contributed by atoms with van der Waals surface area (Å²) < 4.78 is 27.9. The molecule has 0 saturated heterocycles. The predicted octanol–water partition coefficient (Wildman–Crippen LogP) is 5.10. The van der Waals surface area contributed by atoms with Crippen molar-refractivity contribution >= 4 is 32.6 Å². The van der Waals surface area contributed by atoms with Crippen LogP contribution in [0.5, 0.6) is 0 Å². The van der Waals surface area contributed by atoms with Crippen molar-refractivity contribution in [2.24, 2.45) is 5.92 Å². The van der Waals surface area contributed by atoms with E-state index in [1.54, 1.807) is 6.07 Å². The van der Waals surface area contributed by atoms with Gasteiger partial charge in [-0.05, 0) is 49.1 Å². The number of carbonyl (C=O) groups is 1. The molecule has 0 radical (unpaired) electrons. The molecule has 6 heteroatoms. The number of nitrogens with one attached hydrogen (secondary N) is 1. The molecule has 0 unspecified atom stereocenters. The highest BCUT2D eigenvalue weighted by Gasteiger charge is 2.34. The monoisotopic (exact) mass is 358 g/mol. The standard InChI is InChI=1S/C19H16F2N2OS/c1-10-3-2-4-14(21)17(10)11-5-6-15-16(9-11)25-19(22-15)23-18(24)12-7-13(20)8-12/h2-6,9,12-13H,7-8H2,1H3,(H,22,23,24)/t12-,13+. The molecule has 0 spiro atoms. The zero-order chi connectivity index (χ0) is 17.6. The van der Waals surface area contributed by atoms with E-state index in [0.717, 1.165) is 21.3 Å². The lowest BCUT2D eigenvalue weighted by Crippen LogP contribution is -2.35. The second-order valence-corrected chi connectivity index (χ2v) is 7.42. The summed E-state index contributed by atoms with van der Waals surface area (Å²) in [5.41, 5.74) is 2.97. The van der Waals surface area contributed by atoms with E-state index in [4.69, 9.17) is 0 Å². The van der Waals surface area contributed by atoms with Crippen LogP contribution >= 0.6 is 11.3 Å². The summed E-state index contributed by atoms with van der Waals surface area (Å²) in [4.78, 5) is 16.4. The third-order valence-corrected chi connectivity index (χ3v) is 5.51. The zero-order valence-electron chi connectivity index (χ0n) is 13.6. The quantitative estimate of drug-likeness (QED) is 0.708. The van der Waals surface area contributed by atoms with Gasteiger partial charge >= 0.3 is 0 Å². The average Bonchev–Trinajstić information content (AvgIpc) is 2.93. The van der Waals surface area contributed by atoms with Crippen LogP contribution in [0.1, 0.15) is 18.4 Å². The molecule has 128 valence electrons. The fourth-order valence-corrected chi connectivity index (χ4v) is 4.01. The number of benzene rings is 2. The molecular weight excluding hydrogens is 342 g/mol. The Morgan fingerprint density at radius 3 is 2.80 bits per heavy atom. The highest BCUT2D eigenvalue weighted by molar-refractivity contribution is 7.22. The van der Waals surface area contributed by atoms with Gasteiger partial charge in [0.2, 0.25) is 5.91 Å². The molecule has 1 heterocycles. The summed E-state index contributed by atoms with van der Waals surface area (Å²) in [7, 11) is 0. The minimum absolute atomic E-state index is 0.182. The fourth-order valence-electron chi connectivity index (χ4n) is 3.10. The Morgan fingerprint density at radius 2 is 2.08 bits per heavy atom. The van der Waals surface area contributed by atoms with Gasteiger partial charge in [-0.3, -0.25) is 4.79 Å². The molecule has 1 aromatic heterocycles. The fraction of sp³-hybridized carbons (Fsp3) is 0.263. The Morgan fingerprint density at radius 1 is 1.28 bits per heavy atom. The molecule has 0 aliphatic heterocycles. The molecule has 4 rings (SSSR count). The summed E-state index contributed by atoms with van der Waals surface area (Å²) in [5, 5.41) is 3.25. The van der Waals surface area contributed by atoms with E-state index in [2.05, 4.69) is 10.3 Å². The van der Waals surface area contributed by atoms with E-state index in [0.29, 0.717) is 10.7 Å². The van der Waals surface area contributed by atoms with Crippen molar-refractivity contribution in [1.82, 2.24) is 4.98 Å². The normalized spacial score (nSPS) is 19.6. The number of amides is 1. The molecule has 1 aliphatic carbocycles. The van der Waals surface area contributed by atoms with Crippen LogP contribution in [-0.2, 0) is 4.79 Å². The van der Waals surface area contributed by atoms with Crippen molar-refractivity contribution in [1.29, 1.82) is 0 Å². The second kappa shape index (κ2) is 6.19. The van der Waals surface area contributed by atoms with Gasteiger partial charge in [0.25, 0.3) is 0 Å². The Labute approximate surface area is 147 Å². The first-order chi connectivity index (χ1) is 12.0. The summed E-state index contributed by atoms with van der Waals surface area (Å²) >= 11 is 1.34. The maximum Gasteiger partial charge on any atom is 0.229 e. The summed E-state index contributed by atoms with van der Waals surface area (Å²) in [6.45, 7) is 1.87. The SMILES string of the molecule is Cc1cccc(F)c1-c1ccc2nc(NC(=O)[C@H]3C[C@@H](F)C3)sc2c1. The largest absolute Gasteiger partial charge is 0.302 e. The number of anilines is 1. The third kappa shape index (κ3) is 3.02. The lowest BCUT2D eigenvalue weighted by atomic mass is 9.83. The maximum atomic E-state index is 14.2. The van der Waals surface area contributed by atoms with Gasteiger partial charge in [0.15, 0.2) is 5.13 Å². The van der Waals surface area contributed by atoms with Crippen molar-refractivity contribution in [2.45, 2.75) is 25.9 Å². The van der Waals surface area contributed by atoms with Gasteiger partial charge < -0.3 is 5.32 Å². The molecule has 0 bridgehead atoms. The number of nitrogens with zero attached hydrogens (tertiary/aromatic N) is 1. The maximum absolute atomic E-state index is 14.2. The third-order valence-electron chi connectivity index (χ3n) is 4.58. The van der Waals surface area contributed by atoms with E-state index in [1.807, 2.05) is 31.2 Å². The zero-order valence-corrected chi connectivity index (χ0v) is 14.4. The van der Waals surface area contributed by atoms with Gasteiger partial charge in [0, 0.05) is 11.5 Å². The smallest absolute Gasteiger partial charge is 0.229 e. The number of hydrogen-bond donors (Lipinski definition) is 1. The molecule has 1 saturated carbocycles. The van der Waals surface area contributed by atoms with Crippen LogP contribution in [0.25, 0.3) is 21.3 Å². The first-order valence-electron chi connectivity index (χ1n) is 8.12. The van der Waals surface area contributed by atoms with Gasteiger partial charge in [-0.25, -0.2) is 13.8 Å². The lowest BCUT2D eigenvalue weighted by molar-refractivity contribution is -0.124. The molecule has 1 amide bonds. The minimum atomic E-state index is -0.863. The minimum Gasteiger partial charge on any atom is -0.302 e. The van der Waals surface area contributed by atoms with Gasteiger partial charge in [0.1, 0.15) is 12.0 Å². The van der Waals surface area contributed by atoms with Gasteiger partial charge in [-0.15, -0.1) is 0 Å². The highest BCUT2D eigenvalue weighted by atomic mass is 32.1. The predicted molar refractivity (Wildman–Crippen MR) is 96.0 cm³/mol. The highest BCUT2D eigenvalue weighted by Crippen LogP contribution is 2.35. The first kappa shape index (κ1) is 16.1. The van der Waals surface area contributed by atoms with Crippen LogP contribution in [0.4, 0.5) is 13.9 Å². The van der Waals surface area contributed by atoms with E-state index >= 15 is 0 Å². The number of rotatable bonds is 3. The van der Waals surface area contributed by atoms with Gasteiger partial charge in [-0.2, -0.15) is 0 Å². The van der Waals surface area contributed by atoms with Crippen LogP contribution in [0.2, 0.25) is 0 Å². The number of fused-ring (bicyclic) bond motifs is 1. The molecule has 3 nitrogen and oxygen atoms in total. The number of hydrogen-bond acceptors (Lipinski definition) is 3. The van der Waals surface area contributed by atoms with Gasteiger partial charge in [-0.1, -0.05) is 29.5 Å². The van der Waals surface area contributed by atoms with Crippen molar-refractivity contribution in [3.63, 3.8) is 0 Å². The van der Waals surface area contributed by atoms with E-state index < -0.39 is 6.17 Å². The van der Waals surface area contributed by atoms with E-state index in [-0.39, 0.29) is 30.5 Å². The second-order valence-electron chi connectivity index (χ2n) is 6.39. The van der Waals surface area contributed by atoms with Crippen molar-refractivity contribution in [3.05, 3.63) is 47.8 Å². The van der Waals surface area contributed by atoms with Crippen LogP contribution in [0, 0.1) is 18.7 Å². The summed E-state index contributed by atoms with van der Waals surface area (Å²) in [6.07, 6.45) is -0.293. The Bertz CT molecular complexity index is 943. The summed E-state index contributed by atoms with van der Waals surface area (Å²) in [5.74, 6) is -0.708. The van der Waals surface area contributed by atoms with Crippen molar-refractivity contribution in [2.75, 3.05) is 5.32 Å². The number of carbonyl (C=O) groups excluding carboxylic acids is 1. The molecule has 1 N–H and O–H groups in total. The molecule has 0 atom stereocenters. The number of aryl methyl sites for hydroxylation is 1. The molecule has 25 heavy (non-hydrogen) atoms. The molecule has 2 aromatic carbocycles. The number of thiazole rings is 1. The van der Waals surface area contributed by atoms with E-state index in [9.17, 15) is 13.6 Å². The molecule has 1 fully saturated rings. The summed E-state index contributed by atoms with van der Waals surface area (Å²) in [6, 6.07) is 10.5. The first-order valence-corrected chi connectivity index (χ1v) is 8.94. The number of aromatic nitrogens is 1. The number of alkyl halides is 1. The average molecular weight is 358 g/mol. The van der Waals surface area contributed by atoms with Gasteiger partial charge in [0.05, 0.1) is 10.2 Å². The van der Waals surface area contributed by atoms with E-state index in [1.165, 1.54) is 17.4 Å². The molecule has 3 aromatic rings.